The van der Waals surface area contributed by atoms with Crippen molar-refractivity contribution in [3.05, 3.63) is 0 Å². The molecule has 1 N–H and O–H groups in total. The highest BCUT2D eigenvalue weighted by molar-refractivity contribution is 4.79. The summed E-state index contributed by atoms with van der Waals surface area (Å²) in [6, 6.07) is 0.760. The average Bonchev–Trinajstić information content (AvgIpc) is 2.74. The van der Waals surface area contributed by atoms with Gasteiger partial charge in [0.25, 0.3) is 0 Å². The van der Waals surface area contributed by atoms with Gasteiger partial charge in [-0.2, -0.15) is 0 Å². The van der Waals surface area contributed by atoms with Gasteiger partial charge in [0.15, 0.2) is 0 Å². The lowest BCUT2D eigenvalue weighted by atomic mass is 9.96. The van der Waals surface area contributed by atoms with Crippen LogP contribution in [0.2, 0.25) is 0 Å². The molecule has 0 aromatic heterocycles. The van der Waals surface area contributed by atoms with Crippen molar-refractivity contribution in [3.63, 3.8) is 0 Å². The maximum absolute atomic E-state index is 3.58. The molecule has 1 atom stereocenters. The van der Waals surface area contributed by atoms with Crippen molar-refractivity contribution in [2.75, 3.05) is 46.8 Å². The maximum Gasteiger partial charge on any atom is 0.0195 e. The Labute approximate surface area is 100 Å². The molecule has 3 heteroatoms. The Bertz CT molecular complexity index is 193. The monoisotopic (exact) mass is 225 g/mol. The van der Waals surface area contributed by atoms with Crippen molar-refractivity contribution in [1.29, 1.82) is 0 Å². The Morgan fingerprint density at radius 1 is 1.19 bits per heavy atom. The fraction of sp³-hybridized carbons (Fsp3) is 1.00. The van der Waals surface area contributed by atoms with Crippen LogP contribution in [0.5, 0.6) is 0 Å². The number of hydrogen-bond donors (Lipinski definition) is 1. The largest absolute Gasteiger partial charge is 0.313 e. The highest BCUT2D eigenvalue weighted by Gasteiger charge is 2.20. The van der Waals surface area contributed by atoms with Gasteiger partial charge in [-0.3, -0.25) is 0 Å². The minimum atomic E-state index is 0.760. The lowest BCUT2D eigenvalue weighted by molar-refractivity contribution is 0.171. The summed E-state index contributed by atoms with van der Waals surface area (Å²) in [4.78, 5) is 4.99. The lowest BCUT2D eigenvalue weighted by Crippen LogP contribution is -2.40. The van der Waals surface area contributed by atoms with Crippen molar-refractivity contribution in [2.24, 2.45) is 5.92 Å². The van der Waals surface area contributed by atoms with Gasteiger partial charge in [0.05, 0.1) is 0 Å². The Balaban J connectivity index is 1.64. The zero-order valence-corrected chi connectivity index (χ0v) is 10.9. The van der Waals surface area contributed by atoms with Crippen molar-refractivity contribution in [1.82, 2.24) is 15.1 Å². The van der Waals surface area contributed by atoms with Crippen molar-refractivity contribution < 1.29 is 0 Å². The van der Waals surface area contributed by atoms with E-state index in [1.54, 1.807) is 0 Å². The highest BCUT2D eigenvalue weighted by Crippen LogP contribution is 2.17. The molecule has 2 rings (SSSR count). The molecule has 0 spiro atoms. The zero-order valence-electron chi connectivity index (χ0n) is 10.9. The maximum atomic E-state index is 3.58. The van der Waals surface area contributed by atoms with Gasteiger partial charge in [0.1, 0.15) is 0 Å². The first-order valence-electron chi connectivity index (χ1n) is 6.84. The molecule has 0 bridgehead atoms. The molecule has 3 nitrogen and oxygen atoms in total. The van der Waals surface area contributed by atoms with E-state index in [2.05, 4.69) is 29.2 Å². The van der Waals surface area contributed by atoms with Crippen LogP contribution in [0.1, 0.15) is 25.7 Å². The number of nitrogens with zero attached hydrogens (tertiary/aromatic N) is 2. The van der Waals surface area contributed by atoms with E-state index in [1.165, 1.54) is 58.4 Å². The normalized spacial score (nSPS) is 29.1. The Kier molecular flexibility index (Phi) is 4.62. The average molecular weight is 225 g/mol. The second kappa shape index (κ2) is 5.99. The third-order valence-electron chi connectivity index (χ3n) is 4.10. The van der Waals surface area contributed by atoms with Gasteiger partial charge in [-0.1, -0.05) is 0 Å². The van der Waals surface area contributed by atoms with Crippen LogP contribution in [0, 0.1) is 5.92 Å². The first kappa shape index (κ1) is 12.3. The molecule has 2 aliphatic rings. The molecular formula is C13H27N3. The van der Waals surface area contributed by atoms with Crippen LogP contribution in [0.4, 0.5) is 0 Å². The van der Waals surface area contributed by atoms with Crippen LogP contribution in [0.3, 0.4) is 0 Å². The molecule has 0 amide bonds. The van der Waals surface area contributed by atoms with E-state index < -0.39 is 0 Å². The van der Waals surface area contributed by atoms with Crippen molar-refractivity contribution in [3.8, 4) is 0 Å². The van der Waals surface area contributed by atoms with Crippen LogP contribution in [-0.2, 0) is 0 Å². The SMILES string of the molecule is CN1CCC(CN(C)C[C@@H]2CCCN2)CC1. The van der Waals surface area contributed by atoms with Gasteiger partial charge in [0, 0.05) is 19.1 Å². The summed E-state index contributed by atoms with van der Waals surface area (Å²) < 4.78 is 0. The third kappa shape index (κ3) is 3.72. The van der Waals surface area contributed by atoms with E-state index in [-0.39, 0.29) is 0 Å². The molecule has 2 saturated heterocycles. The zero-order chi connectivity index (χ0) is 11.4. The van der Waals surface area contributed by atoms with E-state index >= 15 is 0 Å². The number of likely N-dealkylation sites (tertiary alicyclic amines) is 1. The van der Waals surface area contributed by atoms with Gasteiger partial charge in [0.2, 0.25) is 0 Å². The summed E-state index contributed by atoms with van der Waals surface area (Å²) in [6.07, 6.45) is 5.52. The predicted molar refractivity (Wildman–Crippen MR) is 68.7 cm³/mol. The molecule has 0 aromatic carbocycles. The van der Waals surface area contributed by atoms with Gasteiger partial charge in [-0.25, -0.2) is 0 Å². The fourth-order valence-corrected chi connectivity index (χ4v) is 3.05. The third-order valence-corrected chi connectivity index (χ3v) is 4.10. The first-order chi connectivity index (χ1) is 7.74. The quantitative estimate of drug-likeness (QED) is 0.770. The van der Waals surface area contributed by atoms with E-state index in [0.717, 1.165) is 12.0 Å². The molecule has 2 aliphatic heterocycles. The number of nitrogens with one attached hydrogen (secondary N) is 1. The van der Waals surface area contributed by atoms with E-state index in [1.807, 2.05) is 0 Å². The first-order valence-corrected chi connectivity index (χ1v) is 6.84. The van der Waals surface area contributed by atoms with Gasteiger partial charge >= 0.3 is 0 Å². The Morgan fingerprint density at radius 2 is 1.94 bits per heavy atom. The predicted octanol–water partition coefficient (Wildman–Crippen LogP) is 1.01. The van der Waals surface area contributed by atoms with Crippen LogP contribution in [0.15, 0.2) is 0 Å². The minimum Gasteiger partial charge on any atom is -0.313 e. The summed E-state index contributed by atoms with van der Waals surface area (Å²) in [7, 11) is 4.53. The Morgan fingerprint density at radius 3 is 2.56 bits per heavy atom. The standard InChI is InChI=1S/C13H27N3/c1-15-8-5-12(6-9-15)10-16(2)11-13-4-3-7-14-13/h12-14H,3-11H2,1-2H3/t13-/m0/s1. The number of piperidine rings is 1. The Hall–Kier alpha value is -0.120. The smallest absolute Gasteiger partial charge is 0.0195 e. The van der Waals surface area contributed by atoms with Crippen molar-refractivity contribution >= 4 is 0 Å². The molecule has 0 aromatic rings. The molecule has 0 unspecified atom stereocenters. The fourth-order valence-electron chi connectivity index (χ4n) is 3.05. The summed E-state index contributed by atoms with van der Waals surface area (Å²) >= 11 is 0. The lowest BCUT2D eigenvalue weighted by Gasteiger charge is -2.32. The molecular weight excluding hydrogens is 198 g/mol. The number of hydrogen-bond acceptors (Lipinski definition) is 3. The van der Waals surface area contributed by atoms with Gasteiger partial charge in [-0.05, 0) is 65.3 Å². The van der Waals surface area contributed by atoms with Gasteiger partial charge < -0.3 is 15.1 Å². The molecule has 2 fully saturated rings. The van der Waals surface area contributed by atoms with Crippen LogP contribution < -0.4 is 5.32 Å². The topological polar surface area (TPSA) is 18.5 Å². The second-order valence-electron chi connectivity index (χ2n) is 5.76. The van der Waals surface area contributed by atoms with Gasteiger partial charge in [-0.15, -0.1) is 0 Å². The van der Waals surface area contributed by atoms with Crippen LogP contribution in [0.25, 0.3) is 0 Å². The van der Waals surface area contributed by atoms with Crippen LogP contribution >= 0.6 is 0 Å². The molecule has 16 heavy (non-hydrogen) atoms. The van der Waals surface area contributed by atoms with E-state index in [4.69, 9.17) is 0 Å². The molecule has 0 saturated carbocycles. The molecule has 94 valence electrons. The second-order valence-corrected chi connectivity index (χ2v) is 5.76. The number of rotatable bonds is 4. The van der Waals surface area contributed by atoms with Crippen LogP contribution in [-0.4, -0.2) is 62.7 Å². The number of likely N-dealkylation sites (N-methyl/N-ethyl adjacent to an activating group) is 1. The van der Waals surface area contributed by atoms with Crippen molar-refractivity contribution in [2.45, 2.75) is 31.7 Å². The molecule has 0 radical (unpaired) electrons. The summed E-state index contributed by atoms with van der Waals surface area (Å²) in [5, 5.41) is 3.58. The summed E-state index contributed by atoms with van der Waals surface area (Å²) in [5.41, 5.74) is 0. The minimum absolute atomic E-state index is 0.760. The molecule has 2 heterocycles. The van der Waals surface area contributed by atoms with E-state index in [0.29, 0.717) is 0 Å². The highest BCUT2D eigenvalue weighted by atomic mass is 15.1. The summed E-state index contributed by atoms with van der Waals surface area (Å²) in [6.45, 7) is 6.35. The summed E-state index contributed by atoms with van der Waals surface area (Å²) in [5.74, 6) is 0.933. The molecule has 0 aliphatic carbocycles. The van der Waals surface area contributed by atoms with E-state index in [9.17, 15) is 0 Å².